The number of hydrogen-bond donors (Lipinski definition) is 0. The Morgan fingerprint density at radius 3 is 2.33 bits per heavy atom. The lowest BCUT2D eigenvalue weighted by molar-refractivity contribution is -0.134. The summed E-state index contributed by atoms with van der Waals surface area (Å²) in [5, 5.41) is 0. The van der Waals surface area contributed by atoms with Crippen LogP contribution in [0.15, 0.2) is 29.2 Å². The van der Waals surface area contributed by atoms with E-state index in [0.717, 1.165) is 19.2 Å². The maximum absolute atomic E-state index is 13.4. The molecule has 0 aromatic heterocycles. The average molecular weight is 398 g/mol. The number of carbonyl (C=O) groups excluding carboxylic acids is 1. The molecule has 0 aliphatic carbocycles. The predicted octanol–water partition coefficient (Wildman–Crippen LogP) is 1.64. The summed E-state index contributed by atoms with van der Waals surface area (Å²) >= 11 is 0. The zero-order valence-corrected chi connectivity index (χ0v) is 16.8. The lowest BCUT2D eigenvalue weighted by Crippen LogP contribution is -2.53. The van der Waals surface area contributed by atoms with E-state index in [2.05, 4.69) is 18.7 Å². The molecule has 27 heavy (non-hydrogen) atoms. The maximum atomic E-state index is 13.4. The van der Waals surface area contributed by atoms with Gasteiger partial charge in [0.05, 0.1) is 11.4 Å². The minimum atomic E-state index is -3.73. The molecule has 2 atom stereocenters. The van der Waals surface area contributed by atoms with Gasteiger partial charge < -0.3 is 4.90 Å². The monoisotopic (exact) mass is 397 g/mol. The Balaban J connectivity index is 1.56. The Labute approximate surface area is 161 Å². The van der Waals surface area contributed by atoms with Crippen LogP contribution in [0.4, 0.5) is 4.39 Å². The van der Waals surface area contributed by atoms with Crippen LogP contribution in [0, 0.1) is 17.7 Å². The molecule has 2 fully saturated rings. The van der Waals surface area contributed by atoms with Gasteiger partial charge in [0, 0.05) is 39.3 Å². The van der Waals surface area contributed by atoms with Gasteiger partial charge in [-0.05, 0) is 36.5 Å². The van der Waals surface area contributed by atoms with Crippen LogP contribution >= 0.6 is 0 Å². The zero-order valence-electron chi connectivity index (χ0n) is 16.0. The standard InChI is InChI=1S/C19H28FN3O3S/c1-15-10-16(2)13-21(12-15)14-19(24)22-6-8-23(9-7-22)27(25,26)18-5-3-4-17(20)11-18/h3-5,11,15-16H,6-10,12-14H2,1-2H3/t15-,16-/m1/s1. The first-order valence-electron chi connectivity index (χ1n) is 9.51. The lowest BCUT2D eigenvalue weighted by atomic mass is 9.92. The van der Waals surface area contributed by atoms with Gasteiger partial charge in [0.15, 0.2) is 0 Å². The highest BCUT2D eigenvalue weighted by atomic mass is 32.2. The summed E-state index contributed by atoms with van der Waals surface area (Å²) in [6.07, 6.45) is 1.20. The number of rotatable bonds is 4. The van der Waals surface area contributed by atoms with Crippen LogP contribution < -0.4 is 0 Å². The Bertz CT molecular complexity index is 768. The Morgan fingerprint density at radius 2 is 1.74 bits per heavy atom. The first kappa shape index (κ1) is 20.2. The number of halogens is 1. The van der Waals surface area contributed by atoms with Gasteiger partial charge in [-0.1, -0.05) is 19.9 Å². The van der Waals surface area contributed by atoms with Crippen molar-refractivity contribution >= 4 is 15.9 Å². The molecule has 2 saturated heterocycles. The van der Waals surface area contributed by atoms with Crippen molar-refractivity contribution < 1.29 is 17.6 Å². The summed E-state index contributed by atoms with van der Waals surface area (Å²) in [5.41, 5.74) is 0. The summed E-state index contributed by atoms with van der Waals surface area (Å²) < 4.78 is 40.0. The third kappa shape index (κ3) is 4.86. The molecule has 0 radical (unpaired) electrons. The molecule has 2 aliphatic rings. The Morgan fingerprint density at radius 1 is 1.11 bits per heavy atom. The highest BCUT2D eigenvalue weighted by molar-refractivity contribution is 7.89. The second kappa shape index (κ2) is 8.24. The first-order chi connectivity index (χ1) is 12.8. The highest BCUT2D eigenvalue weighted by Crippen LogP contribution is 2.21. The highest BCUT2D eigenvalue weighted by Gasteiger charge is 2.31. The number of likely N-dealkylation sites (tertiary alicyclic amines) is 1. The number of carbonyl (C=O) groups is 1. The van der Waals surface area contributed by atoms with Crippen molar-refractivity contribution in [1.82, 2.24) is 14.1 Å². The quantitative estimate of drug-likeness (QED) is 0.775. The number of piperidine rings is 1. The van der Waals surface area contributed by atoms with Gasteiger partial charge in [-0.15, -0.1) is 0 Å². The van der Waals surface area contributed by atoms with Gasteiger partial charge in [-0.25, -0.2) is 12.8 Å². The smallest absolute Gasteiger partial charge is 0.243 e. The molecule has 1 aromatic rings. The molecule has 0 saturated carbocycles. The van der Waals surface area contributed by atoms with Crippen molar-refractivity contribution in [3.05, 3.63) is 30.1 Å². The van der Waals surface area contributed by atoms with Crippen LogP contribution in [0.3, 0.4) is 0 Å². The molecule has 0 unspecified atom stereocenters. The van der Waals surface area contributed by atoms with Crippen LogP contribution in [0.1, 0.15) is 20.3 Å². The molecule has 1 amide bonds. The van der Waals surface area contributed by atoms with Crippen molar-refractivity contribution in [2.75, 3.05) is 45.8 Å². The molecule has 0 bridgehead atoms. The minimum absolute atomic E-state index is 0.0430. The molecule has 150 valence electrons. The van der Waals surface area contributed by atoms with E-state index in [4.69, 9.17) is 0 Å². The van der Waals surface area contributed by atoms with Crippen molar-refractivity contribution in [2.45, 2.75) is 25.2 Å². The molecular formula is C19H28FN3O3S. The summed E-state index contributed by atoms with van der Waals surface area (Å²) in [6, 6.07) is 5.04. The molecule has 6 nitrogen and oxygen atoms in total. The SMILES string of the molecule is C[C@@H]1C[C@@H](C)CN(CC(=O)N2CCN(S(=O)(=O)c3cccc(F)c3)CC2)C1. The maximum Gasteiger partial charge on any atom is 0.243 e. The van der Waals surface area contributed by atoms with Crippen LogP contribution in [-0.2, 0) is 14.8 Å². The van der Waals surface area contributed by atoms with Gasteiger partial charge in [-0.2, -0.15) is 4.31 Å². The third-order valence-corrected chi connectivity index (χ3v) is 7.22. The van der Waals surface area contributed by atoms with Crippen molar-refractivity contribution in [3.8, 4) is 0 Å². The van der Waals surface area contributed by atoms with Gasteiger partial charge >= 0.3 is 0 Å². The number of sulfonamides is 1. The lowest BCUT2D eigenvalue weighted by Gasteiger charge is -2.38. The topological polar surface area (TPSA) is 60.9 Å². The Kier molecular flexibility index (Phi) is 6.18. The molecule has 8 heteroatoms. The molecular weight excluding hydrogens is 369 g/mol. The van der Waals surface area contributed by atoms with Gasteiger partial charge in [0.2, 0.25) is 15.9 Å². The number of piperazine rings is 1. The Hall–Kier alpha value is -1.51. The van der Waals surface area contributed by atoms with E-state index < -0.39 is 15.8 Å². The predicted molar refractivity (Wildman–Crippen MR) is 101 cm³/mol. The van der Waals surface area contributed by atoms with E-state index in [-0.39, 0.29) is 23.9 Å². The van der Waals surface area contributed by atoms with Crippen LogP contribution in [0.2, 0.25) is 0 Å². The van der Waals surface area contributed by atoms with Crippen molar-refractivity contribution in [2.24, 2.45) is 11.8 Å². The fourth-order valence-electron chi connectivity index (χ4n) is 4.17. The number of amides is 1. The number of nitrogens with zero attached hydrogens (tertiary/aromatic N) is 3. The number of benzene rings is 1. The van der Waals surface area contributed by atoms with Gasteiger partial charge in [0.25, 0.3) is 0 Å². The van der Waals surface area contributed by atoms with E-state index in [0.29, 0.717) is 31.5 Å². The second-order valence-corrected chi connectivity index (χ2v) is 9.82. The molecule has 2 aliphatic heterocycles. The van der Waals surface area contributed by atoms with Crippen LogP contribution in [0.25, 0.3) is 0 Å². The van der Waals surface area contributed by atoms with E-state index in [1.807, 2.05) is 0 Å². The van der Waals surface area contributed by atoms with Crippen molar-refractivity contribution in [1.29, 1.82) is 0 Å². The number of hydrogen-bond acceptors (Lipinski definition) is 4. The fraction of sp³-hybridized carbons (Fsp3) is 0.632. The van der Waals surface area contributed by atoms with E-state index >= 15 is 0 Å². The second-order valence-electron chi connectivity index (χ2n) is 7.88. The first-order valence-corrected chi connectivity index (χ1v) is 11.0. The van der Waals surface area contributed by atoms with Crippen molar-refractivity contribution in [3.63, 3.8) is 0 Å². The average Bonchev–Trinajstić information content (AvgIpc) is 2.61. The largest absolute Gasteiger partial charge is 0.339 e. The third-order valence-electron chi connectivity index (χ3n) is 5.33. The minimum Gasteiger partial charge on any atom is -0.339 e. The fourth-order valence-corrected chi connectivity index (χ4v) is 5.62. The molecule has 0 N–H and O–H groups in total. The van der Waals surface area contributed by atoms with Gasteiger partial charge in [0.1, 0.15) is 5.82 Å². The summed E-state index contributed by atoms with van der Waals surface area (Å²) in [6.45, 7) is 7.89. The zero-order chi connectivity index (χ0) is 19.6. The molecule has 1 aromatic carbocycles. The van der Waals surface area contributed by atoms with Crippen LogP contribution in [0.5, 0.6) is 0 Å². The molecule has 2 heterocycles. The summed E-state index contributed by atoms with van der Waals surface area (Å²) in [7, 11) is -3.73. The molecule has 3 rings (SSSR count). The van der Waals surface area contributed by atoms with E-state index in [1.165, 1.54) is 28.9 Å². The normalized spacial score (nSPS) is 25.5. The van der Waals surface area contributed by atoms with Gasteiger partial charge in [-0.3, -0.25) is 9.69 Å². The van der Waals surface area contributed by atoms with E-state index in [9.17, 15) is 17.6 Å². The summed E-state index contributed by atoms with van der Waals surface area (Å²) in [4.78, 5) is 16.5. The van der Waals surface area contributed by atoms with Crippen LogP contribution in [-0.4, -0.2) is 74.2 Å². The summed E-state index contributed by atoms with van der Waals surface area (Å²) in [5.74, 6) is 0.665. The molecule has 0 spiro atoms. The van der Waals surface area contributed by atoms with E-state index in [1.54, 1.807) is 4.90 Å².